The van der Waals surface area contributed by atoms with Gasteiger partial charge in [-0.1, -0.05) is 13.8 Å². The van der Waals surface area contributed by atoms with Crippen LogP contribution in [0.4, 0.5) is 5.69 Å². The van der Waals surface area contributed by atoms with E-state index in [-0.39, 0.29) is 15.8 Å². The summed E-state index contributed by atoms with van der Waals surface area (Å²) in [5.41, 5.74) is 1.18. The lowest BCUT2D eigenvalue weighted by atomic mass is 10.2. The van der Waals surface area contributed by atoms with Crippen LogP contribution in [0, 0.1) is 0 Å². The van der Waals surface area contributed by atoms with Gasteiger partial charge in [0.1, 0.15) is 0 Å². The number of sulfone groups is 2. The minimum absolute atomic E-state index is 0.0260. The van der Waals surface area contributed by atoms with Crippen LogP contribution in [0.25, 0.3) is 0 Å². The molecule has 2 rings (SSSR count). The van der Waals surface area contributed by atoms with Gasteiger partial charge in [0, 0.05) is 23.8 Å². The number of hydrogen-bond donors (Lipinski definition) is 1. The van der Waals surface area contributed by atoms with Crippen LogP contribution in [0.3, 0.4) is 0 Å². The second-order valence-corrected chi connectivity index (χ2v) is 11.2. The van der Waals surface area contributed by atoms with E-state index in [2.05, 4.69) is 24.1 Å². The lowest BCUT2D eigenvalue weighted by Crippen LogP contribution is -2.12. The van der Waals surface area contributed by atoms with Gasteiger partial charge in [-0.15, -0.1) is 11.3 Å². The molecule has 1 N–H and O–H groups in total. The van der Waals surface area contributed by atoms with Gasteiger partial charge in [-0.3, -0.25) is 0 Å². The summed E-state index contributed by atoms with van der Waals surface area (Å²) in [7, 11) is -7.09. The minimum atomic E-state index is -3.60. The van der Waals surface area contributed by atoms with E-state index in [0.717, 1.165) is 23.2 Å². The summed E-state index contributed by atoms with van der Waals surface area (Å²) in [6, 6.07) is 3.87. The van der Waals surface area contributed by atoms with Crippen LogP contribution in [0.1, 0.15) is 43.4 Å². The molecule has 1 atom stereocenters. The molecule has 1 heterocycles. The maximum absolute atomic E-state index is 12.1. The second-order valence-electron chi connectivity index (χ2n) is 6.33. The third kappa shape index (κ3) is 4.80. The number of benzene rings is 1. The average molecular weight is 403 g/mol. The number of nitrogens with zero attached hydrogens (tertiary/aromatic N) is 1. The van der Waals surface area contributed by atoms with Gasteiger partial charge in [-0.2, -0.15) is 0 Å². The van der Waals surface area contributed by atoms with E-state index in [0.29, 0.717) is 11.6 Å². The topological polar surface area (TPSA) is 93.2 Å². The van der Waals surface area contributed by atoms with Crippen LogP contribution >= 0.6 is 11.3 Å². The highest BCUT2D eigenvalue weighted by molar-refractivity contribution is 7.91. The van der Waals surface area contributed by atoms with Crippen LogP contribution in [0.5, 0.6) is 0 Å². The zero-order valence-corrected chi connectivity index (χ0v) is 17.2. The van der Waals surface area contributed by atoms with Gasteiger partial charge >= 0.3 is 0 Å². The van der Waals surface area contributed by atoms with Crippen LogP contribution in [-0.4, -0.2) is 34.3 Å². The van der Waals surface area contributed by atoms with Crippen LogP contribution in [0.15, 0.2) is 33.4 Å². The Bertz CT molecular complexity index is 977. The van der Waals surface area contributed by atoms with Crippen LogP contribution in [0.2, 0.25) is 0 Å². The number of nitrogens with one attached hydrogen (secondary N) is 1. The molecule has 0 spiro atoms. The predicted octanol–water partition coefficient (Wildman–Crippen LogP) is 3.25. The van der Waals surface area contributed by atoms with E-state index in [1.165, 1.54) is 18.2 Å². The van der Waals surface area contributed by atoms with Gasteiger partial charge < -0.3 is 5.32 Å². The van der Waals surface area contributed by atoms with Crippen molar-refractivity contribution < 1.29 is 16.8 Å². The molecule has 0 saturated carbocycles. The fourth-order valence-corrected chi connectivity index (χ4v) is 4.75. The van der Waals surface area contributed by atoms with Crippen LogP contribution in [-0.2, 0) is 19.7 Å². The Morgan fingerprint density at radius 1 is 1.04 bits per heavy atom. The third-order valence-corrected chi connectivity index (χ3v) is 7.04. The summed E-state index contributed by atoms with van der Waals surface area (Å²) in [5.74, 6) is 0.326. The molecular formula is C16H22N2O4S3. The zero-order chi connectivity index (χ0) is 19.0. The van der Waals surface area contributed by atoms with Crippen molar-refractivity contribution in [1.29, 1.82) is 0 Å². The summed E-state index contributed by atoms with van der Waals surface area (Å²) in [4.78, 5) is 4.50. The van der Waals surface area contributed by atoms with Crippen molar-refractivity contribution in [2.45, 2.75) is 42.5 Å². The molecule has 2 aromatic rings. The van der Waals surface area contributed by atoms with Gasteiger partial charge in [-0.25, -0.2) is 21.8 Å². The van der Waals surface area contributed by atoms with E-state index in [4.69, 9.17) is 0 Å². The molecule has 0 aliphatic rings. The quantitative estimate of drug-likeness (QED) is 0.797. The average Bonchev–Trinajstić information content (AvgIpc) is 2.95. The Labute approximate surface area is 153 Å². The molecule has 0 radical (unpaired) electrons. The molecule has 0 amide bonds. The maximum atomic E-state index is 12.1. The molecule has 0 unspecified atom stereocenters. The van der Waals surface area contributed by atoms with Crippen molar-refractivity contribution in [2.75, 3.05) is 17.8 Å². The summed E-state index contributed by atoms with van der Waals surface area (Å²) in [6.45, 7) is 6.01. The molecule has 138 valence electrons. The number of anilines is 1. The Balaban J connectivity index is 2.41. The fourth-order valence-electron chi connectivity index (χ4n) is 2.23. The Kier molecular flexibility index (Phi) is 5.60. The van der Waals surface area contributed by atoms with Gasteiger partial charge in [0.05, 0.1) is 32.2 Å². The number of thiazole rings is 1. The van der Waals surface area contributed by atoms with E-state index in [1.54, 1.807) is 11.3 Å². The van der Waals surface area contributed by atoms with Crippen molar-refractivity contribution in [1.82, 2.24) is 4.98 Å². The highest BCUT2D eigenvalue weighted by Gasteiger charge is 2.20. The van der Waals surface area contributed by atoms with Crippen molar-refractivity contribution in [2.24, 2.45) is 0 Å². The smallest absolute Gasteiger partial charge is 0.177 e. The SMILES string of the molecule is CC(C)c1nc([C@H](C)Nc2ccc(S(C)(=O)=O)cc2S(C)(=O)=O)cs1. The van der Waals surface area contributed by atoms with Gasteiger partial charge in [0.25, 0.3) is 0 Å². The monoisotopic (exact) mass is 402 g/mol. The number of aromatic nitrogens is 1. The largest absolute Gasteiger partial charge is 0.376 e. The molecule has 0 bridgehead atoms. The van der Waals surface area contributed by atoms with Crippen molar-refractivity contribution in [3.63, 3.8) is 0 Å². The molecule has 6 nitrogen and oxygen atoms in total. The first kappa shape index (κ1) is 19.9. The van der Waals surface area contributed by atoms with Gasteiger partial charge in [0.15, 0.2) is 19.7 Å². The highest BCUT2D eigenvalue weighted by Crippen LogP contribution is 2.30. The van der Waals surface area contributed by atoms with E-state index in [9.17, 15) is 16.8 Å². The molecule has 0 aliphatic heterocycles. The molecule has 0 aliphatic carbocycles. The Hall–Kier alpha value is -1.45. The lowest BCUT2D eigenvalue weighted by molar-refractivity contribution is 0.600. The third-order valence-electron chi connectivity index (χ3n) is 3.63. The first-order valence-corrected chi connectivity index (χ1v) is 12.3. The molecular weight excluding hydrogens is 380 g/mol. The second kappa shape index (κ2) is 7.05. The van der Waals surface area contributed by atoms with E-state index >= 15 is 0 Å². The first-order valence-electron chi connectivity index (χ1n) is 7.65. The van der Waals surface area contributed by atoms with Gasteiger partial charge in [-0.05, 0) is 25.1 Å². The van der Waals surface area contributed by atoms with E-state index in [1.807, 2.05) is 12.3 Å². The molecule has 1 aromatic heterocycles. The van der Waals surface area contributed by atoms with Gasteiger partial charge in [0.2, 0.25) is 0 Å². The Morgan fingerprint density at radius 3 is 2.16 bits per heavy atom. The van der Waals surface area contributed by atoms with Crippen LogP contribution < -0.4 is 5.32 Å². The highest BCUT2D eigenvalue weighted by atomic mass is 32.2. The van der Waals surface area contributed by atoms with Crippen molar-refractivity contribution >= 4 is 36.7 Å². The molecule has 9 heteroatoms. The van der Waals surface area contributed by atoms with Crippen molar-refractivity contribution in [3.8, 4) is 0 Å². The van der Waals surface area contributed by atoms with E-state index < -0.39 is 19.7 Å². The molecule has 25 heavy (non-hydrogen) atoms. The maximum Gasteiger partial charge on any atom is 0.177 e. The molecule has 1 aromatic carbocycles. The fraction of sp³-hybridized carbons (Fsp3) is 0.438. The summed E-state index contributed by atoms with van der Waals surface area (Å²) < 4.78 is 47.6. The first-order chi connectivity index (χ1) is 11.4. The number of rotatable bonds is 6. The predicted molar refractivity (Wildman–Crippen MR) is 101 cm³/mol. The minimum Gasteiger partial charge on any atom is -0.376 e. The normalized spacial score (nSPS) is 13.8. The zero-order valence-electron chi connectivity index (χ0n) is 14.8. The molecule has 0 saturated heterocycles. The standard InChI is InChI=1S/C16H22N2O4S3/c1-10(2)16-18-14(9-23-16)11(3)17-13-7-6-12(24(4,19)20)8-15(13)25(5,21)22/h6-11,17H,1-5H3/t11-/m0/s1. The molecule has 0 fully saturated rings. The summed E-state index contributed by atoms with van der Waals surface area (Å²) in [6.07, 6.45) is 2.11. The summed E-state index contributed by atoms with van der Waals surface area (Å²) in [5, 5.41) is 6.09. The number of hydrogen-bond acceptors (Lipinski definition) is 7. The summed E-state index contributed by atoms with van der Waals surface area (Å²) >= 11 is 1.56. The van der Waals surface area contributed by atoms with Crippen molar-refractivity contribution in [3.05, 3.63) is 34.3 Å². The Morgan fingerprint density at radius 2 is 1.68 bits per heavy atom. The lowest BCUT2D eigenvalue weighted by Gasteiger charge is -2.17.